The molecule has 8 aliphatic rings. The maximum atomic E-state index is 14.2. The highest BCUT2D eigenvalue weighted by Gasteiger charge is 2.64. The third kappa shape index (κ3) is 10.7. The average molecular weight is 1060 g/mol. The number of allylic oxidation sites excluding steroid dienone is 2. The molecule has 0 aromatic rings. The Hall–Kier alpha value is -1.73. The van der Waals surface area contributed by atoms with E-state index in [1.54, 1.807) is 0 Å². The van der Waals surface area contributed by atoms with E-state index in [2.05, 4.69) is 34.3 Å². The summed E-state index contributed by atoms with van der Waals surface area (Å²) in [6.45, 7) is 9.66. The minimum Gasteiger partial charge on any atom is -0.396 e. The molecular formula is C51H82O23. The van der Waals surface area contributed by atoms with Gasteiger partial charge in [0.1, 0.15) is 103 Å². The van der Waals surface area contributed by atoms with Crippen LogP contribution in [0.25, 0.3) is 0 Å². The van der Waals surface area contributed by atoms with Crippen molar-refractivity contribution in [2.45, 2.75) is 208 Å². The fourth-order valence-corrected chi connectivity index (χ4v) is 14.0. The van der Waals surface area contributed by atoms with E-state index < -0.39 is 161 Å². The Morgan fingerprint density at radius 1 is 0.689 bits per heavy atom. The lowest BCUT2D eigenvalue weighted by Gasteiger charge is -2.59. The summed E-state index contributed by atoms with van der Waals surface area (Å²) in [5.41, 5.74) is 1.02. The number of carbonyl (C=O) groups excluding carboxylic acids is 1. The molecule has 28 atom stereocenters. The fraction of sp³-hybridized carbons (Fsp3) is 0.902. The second kappa shape index (κ2) is 23.5. The minimum absolute atomic E-state index is 0.00324. The molecule has 0 spiro atoms. The molecule has 3 saturated carbocycles. The molecule has 0 aromatic heterocycles. The summed E-state index contributed by atoms with van der Waals surface area (Å²) in [4.78, 5) is 14.2. The zero-order chi connectivity index (χ0) is 53.9. The monoisotopic (exact) mass is 1060 g/mol. The molecule has 28 unspecified atom stereocenters. The van der Waals surface area contributed by atoms with Crippen LogP contribution < -0.4 is 0 Å². The highest BCUT2D eigenvalue weighted by Crippen LogP contribution is 2.66. The number of ketones is 1. The van der Waals surface area contributed by atoms with Gasteiger partial charge in [0.25, 0.3) is 0 Å². The fourth-order valence-electron chi connectivity index (χ4n) is 14.0. The van der Waals surface area contributed by atoms with Gasteiger partial charge in [-0.3, -0.25) is 4.79 Å². The van der Waals surface area contributed by atoms with E-state index in [1.165, 1.54) is 0 Å². The van der Waals surface area contributed by atoms with E-state index in [-0.39, 0.29) is 53.8 Å². The standard InChI is InChI=1S/C51H82O23/c1-20(2)21(3)6-7-22(15-52)26-14-27(56)33-23-8-9-25-34(58)29(11-13-50(25,4)24(23)10-12-51(26,33)5)68-49-42(66)45(44(32(18-55)71-49)73-48-40(64)38(62)36(60)31(17-54)70-48)74-46-41(65)43(28(57)19-67-46)72-47-39(63)37(61)35(59)30(16-53)69-47/h9,20,22-24,26,28-49,52-55,57-66H,3,6-8,10-19H2,1-2,4-5H3. The van der Waals surface area contributed by atoms with E-state index in [9.17, 15) is 76.3 Å². The van der Waals surface area contributed by atoms with E-state index in [4.69, 9.17) is 37.9 Å². The van der Waals surface area contributed by atoms with Gasteiger partial charge in [-0.15, -0.1) is 0 Å². The molecule has 4 aliphatic heterocycles. The molecule has 4 heterocycles. The lowest BCUT2D eigenvalue weighted by molar-refractivity contribution is -0.392. The Morgan fingerprint density at radius 3 is 1.82 bits per heavy atom. The van der Waals surface area contributed by atoms with Crippen LogP contribution in [0.1, 0.15) is 79.1 Å². The zero-order valence-electron chi connectivity index (χ0n) is 42.5. The van der Waals surface area contributed by atoms with Crippen molar-refractivity contribution < 1.29 is 114 Å². The van der Waals surface area contributed by atoms with Gasteiger partial charge < -0.3 is 109 Å². The molecular weight excluding hydrogens is 981 g/mol. The summed E-state index contributed by atoms with van der Waals surface area (Å²) >= 11 is 0. The highest BCUT2D eigenvalue weighted by atomic mass is 16.8. The lowest BCUT2D eigenvalue weighted by atomic mass is 9.46. The average Bonchev–Trinajstić information content (AvgIpc) is 3.65. The number of rotatable bonds is 17. The number of hydrogen-bond donors (Lipinski definition) is 14. The quantitative estimate of drug-likeness (QED) is 0.0632. The molecule has 0 bridgehead atoms. The van der Waals surface area contributed by atoms with Crippen LogP contribution in [0.2, 0.25) is 0 Å². The molecule has 74 heavy (non-hydrogen) atoms. The van der Waals surface area contributed by atoms with Gasteiger partial charge in [-0.1, -0.05) is 45.9 Å². The number of fused-ring (bicyclic) bond motifs is 5. The van der Waals surface area contributed by atoms with Gasteiger partial charge in [-0.05, 0) is 90.9 Å². The van der Waals surface area contributed by atoms with Crippen molar-refractivity contribution in [1.29, 1.82) is 0 Å². The Kier molecular flexibility index (Phi) is 18.6. The van der Waals surface area contributed by atoms with E-state index in [1.807, 2.05) is 6.08 Å². The first kappa shape index (κ1) is 58.4. The van der Waals surface area contributed by atoms with Gasteiger partial charge in [-0.2, -0.15) is 0 Å². The molecule has 14 N–H and O–H groups in total. The van der Waals surface area contributed by atoms with Crippen LogP contribution >= 0.6 is 0 Å². The van der Waals surface area contributed by atoms with E-state index >= 15 is 0 Å². The maximum absolute atomic E-state index is 14.2. The van der Waals surface area contributed by atoms with Crippen LogP contribution in [-0.2, 0) is 42.7 Å². The number of carbonyl (C=O) groups is 1. The molecule has 0 radical (unpaired) electrons. The van der Waals surface area contributed by atoms with Gasteiger partial charge in [0.2, 0.25) is 0 Å². The molecule has 4 aliphatic carbocycles. The van der Waals surface area contributed by atoms with Gasteiger partial charge in [-0.25, -0.2) is 0 Å². The van der Waals surface area contributed by atoms with Crippen molar-refractivity contribution in [3.63, 3.8) is 0 Å². The van der Waals surface area contributed by atoms with Crippen molar-refractivity contribution in [3.05, 3.63) is 23.8 Å². The second-order valence-electron chi connectivity index (χ2n) is 23.0. The Bertz CT molecular complexity index is 1940. The largest absolute Gasteiger partial charge is 0.396 e. The molecule has 0 amide bonds. The molecule has 4 saturated heterocycles. The summed E-state index contributed by atoms with van der Waals surface area (Å²) in [5.74, 6) is 0.395. The molecule has 8 rings (SSSR count). The summed E-state index contributed by atoms with van der Waals surface area (Å²) in [5, 5.41) is 151. The SMILES string of the molecule is C=C(CCC(CO)C1CC(=O)C2C3CC=C4C(O)C(OC5OC(CO)C(OC6OC(CO)C(O)C(O)C6O)C(OC6OCC(O)C(OC7OC(CO)C(O)C(O)C7O)C6O)C5O)CCC4(C)C3CCC12C)C(C)C. The first-order chi connectivity index (χ1) is 35.0. The normalized spacial score (nSPS) is 50.2. The number of Topliss-reactive ketones (excluding diaryl/α,β-unsaturated/α-hetero) is 1. The number of aliphatic hydroxyl groups excluding tert-OH is 14. The minimum atomic E-state index is -2.00. The van der Waals surface area contributed by atoms with Crippen molar-refractivity contribution >= 4 is 5.78 Å². The van der Waals surface area contributed by atoms with Gasteiger partial charge in [0.15, 0.2) is 25.2 Å². The van der Waals surface area contributed by atoms with Gasteiger partial charge in [0.05, 0.1) is 32.5 Å². The van der Waals surface area contributed by atoms with E-state index in [0.717, 1.165) is 36.8 Å². The Balaban J connectivity index is 1.01. The number of ether oxygens (including phenoxy) is 8. The van der Waals surface area contributed by atoms with Gasteiger partial charge in [0, 0.05) is 18.9 Å². The highest BCUT2D eigenvalue weighted by molar-refractivity contribution is 5.85. The van der Waals surface area contributed by atoms with Crippen LogP contribution in [0.4, 0.5) is 0 Å². The summed E-state index contributed by atoms with van der Waals surface area (Å²) in [6.07, 6.45) is -29.0. The van der Waals surface area contributed by atoms with Gasteiger partial charge >= 0.3 is 0 Å². The molecule has 23 nitrogen and oxygen atoms in total. The maximum Gasteiger partial charge on any atom is 0.187 e. The Labute approximate surface area is 430 Å². The molecule has 0 aromatic carbocycles. The van der Waals surface area contributed by atoms with Crippen molar-refractivity contribution in [2.75, 3.05) is 33.0 Å². The molecule has 23 heteroatoms. The third-order valence-electron chi connectivity index (χ3n) is 18.5. The second-order valence-corrected chi connectivity index (χ2v) is 23.0. The summed E-state index contributed by atoms with van der Waals surface area (Å²) < 4.78 is 47.2. The van der Waals surface area contributed by atoms with Crippen molar-refractivity contribution in [3.8, 4) is 0 Å². The molecule has 7 fully saturated rings. The predicted molar refractivity (Wildman–Crippen MR) is 251 cm³/mol. The number of hydrogen-bond acceptors (Lipinski definition) is 23. The van der Waals surface area contributed by atoms with Crippen LogP contribution in [-0.4, -0.2) is 239 Å². The summed E-state index contributed by atoms with van der Waals surface area (Å²) in [7, 11) is 0. The van der Waals surface area contributed by atoms with Crippen LogP contribution in [0.15, 0.2) is 23.8 Å². The topological polar surface area (TPSA) is 374 Å². The van der Waals surface area contributed by atoms with Crippen LogP contribution in [0.5, 0.6) is 0 Å². The first-order valence-electron chi connectivity index (χ1n) is 26.4. The van der Waals surface area contributed by atoms with Crippen molar-refractivity contribution in [1.82, 2.24) is 0 Å². The smallest absolute Gasteiger partial charge is 0.187 e. The number of aliphatic hydroxyl groups is 14. The van der Waals surface area contributed by atoms with Crippen LogP contribution in [0, 0.1) is 46.3 Å². The van der Waals surface area contributed by atoms with E-state index in [0.29, 0.717) is 25.2 Å². The first-order valence-corrected chi connectivity index (χ1v) is 26.4. The zero-order valence-corrected chi connectivity index (χ0v) is 42.5. The summed E-state index contributed by atoms with van der Waals surface area (Å²) in [6, 6.07) is 0. The Morgan fingerprint density at radius 2 is 1.24 bits per heavy atom. The third-order valence-corrected chi connectivity index (χ3v) is 18.5. The van der Waals surface area contributed by atoms with Crippen molar-refractivity contribution in [2.24, 2.45) is 46.3 Å². The van der Waals surface area contributed by atoms with Crippen LogP contribution in [0.3, 0.4) is 0 Å². The molecule has 424 valence electrons. The lowest BCUT2D eigenvalue weighted by Crippen LogP contribution is -2.67. The predicted octanol–water partition coefficient (Wildman–Crippen LogP) is -3.39.